The first-order chi connectivity index (χ1) is 9.74. The molecule has 2 aromatic carbocycles. The van der Waals surface area contributed by atoms with E-state index >= 15 is 0 Å². The van der Waals surface area contributed by atoms with Crippen molar-refractivity contribution < 1.29 is 9.53 Å². The second kappa shape index (κ2) is 7.09. The van der Waals surface area contributed by atoms with Gasteiger partial charge in [-0.3, -0.25) is 4.79 Å². The van der Waals surface area contributed by atoms with Crippen molar-refractivity contribution in [2.24, 2.45) is 5.92 Å². The molecule has 2 aromatic rings. The van der Waals surface area contributed by atoms with Crippen molar-refractivity contribution in [1.82, 2.24) is 0 Å². The second-order valence-corrected chi connectivity index (χ2v) is 5.18. The normalized spacial score (nSPS) is 12.3. The molecule has 0 fully saturated rings. The van der Waals surface area contributed by atoms with Crippen molar-refractivity contribution in [1.29, 1.82) is 0 Å². The Kier molecular flexibility index (Phi) is 5.16. The maximum atomic E-state index is 12.2. The summed E-state index contributed by atoms with van der Waals surface area (Å²) in [6, 6.07) is 13.9. The molecule has 0 aliphatic heterocycles. The summed E-state index contributed by atoms with van der Waals surface area (Å²) < 4.78 is 5.53. The molecule has 0 saturated carbocycles. The number of fused-ring (bicyclic) bond motifs is 1. The number of carbonyl (C=O) groups excluding carboxylic acids is 1. The fourth-order valence-electron chi connectivity index (χ4n) is 2.37. The molecule has 2 heteroatoms. The Bertz CT molecular complexity index is 574. The zero-order valence-electron chi connectivity index (χ0n) is 12.3. The lowest BCUT2D eigenvalue weighted by Gasteiger charge is -2.13. The minimum Gasteiger partial charge on any atom is -0.426 e. The van der Waals surface area contributed by atoms with E-state index in [2.05, 4.69) is 13.0 Å². The SMILES string of the molecule is CCCC[C@@H](CC)C(=O)Oc1ccc2ccccc2c1. The molecule has 0 aliphatic carbocycles. The van der Waals surface area contributed by atoms with Gasteiger partial charge in [-0.15, -0.1) is 0 Å². The molecule has 2 nitrogen and oxygen atoms in total. The van der Waals surface area contributed by atoms with Crippen LogP contribution in [0.3, 0.4) is 0 Å². The van der Waals surface area contributed by atoms with Gasteiger partial charge in [0.25, 0.3) is 0 Å². The predicted molar refractivity (Wildman–Crippen MR) is 82.9 cm³/mol. The third kappa shape index (κ3) is 3.60. The van der Waals surface area contributed by atoms with Crippen molar-refractivity contribution >= 4 is 16.7 Å². The predicted octanol–water partition coefficient (Wildman–Crippen LogP) is 4.96. The van der Waals surface area contributed by atoms with Gasteiger partial charge in [0, 0.05) is 0 Å². The Morgan fingerprint density at radius 2 is 1.85 bits per heavy atom. The average molecular weight is 270 g/mol. The fraction of sp³-hybridized carbons (Fsp3) is 0.389. The average Bonchev–Trinajstić information content (AvgIpc) is 2.48. The topological polar surface area (TPSA) is 26.3 Å². The molecule has 0 bridgehead atoms. The van der Waals surface area contributed by atoms with E-state index in [-0.39, 0.29) is 11.9 Å². The number of carbonyl (C=O) groups is 1. The zero-order chi connectivity index (χ0) is 14.4. The van der Waals surface area contributed by atoms with Crippen LogP contribution >= 0.6 is 0 Å². The Morgan fingerprint density at radius 1 is 1.10 bits per heavy atom. The lowest BCUT2D eigenvalue weighted by molar-refractivity contribution is -0.139. The van der Waals surface area contributed by atoms with Crippen LogP contribution in [0.4, 0.5) is 0 Å². The van der Waals surface area contributed by atoms with Gasteiger partial charge in [0.1, 0.15) is 5.75 Å². The molecule has 1 atom stereocenters. The summed E-state index contributed by atoms with van der Waals surface area (Å²) in [6.07, 6.45) is 3.94. The van der Waals surface area contributed by atoms with Crippen molar-refractivity contribution in [3.63, 3.8) is 0 Å². The Morgan fingerprint density at radius 3 is 2.55 bits per heavy atom. The van der Waals surface area contributed by atoms with Crippen molar-refractivity contribution in [3.05, 3.63) is 42.5 Å². The highest BCUT2D eigenvalue weighted by Gasteiger charge is 2.18. The summed E-state index contributed by atoms with van der Waals surface area (Å²) in [7, 11) is 0. The summed E-state index contributed by atoms with van der Waals surface area (Å²) in [6.45, 7) is 4.18. The summed E-state index contributed by atoms with van der Waals surface area (Å²) in [5.74, 6) is 0.557. The Balaban J connectivity index is 2.08. The van der Waals surface area contributed by atoms with E-state index in [1.54, 1.807) is 0 Å². The van der Waals surface area contributed by atoms with Crippen LogP contribution in [-0.2, 0) is 4.79 Å². The van der Waals surface area contributed by atoms with Gasteiger partial charge in [0.05, 0.1) is 5.92 Å². The number of benzene rings is 2. The molecule has 0 N–H and O–H groups in total. The molecular weight excluding hydrogens is 248 g/mol. The molecule has 0 aromatic heterocycles. The summed E-state index contributed by atoms with van der Waals surface area (Å²) in [4.78, 5) is 12.2. The Labute approximate surface area is 120 Å². The number of rotatable bonds is 6. The smallest absolute Gasteiger partial charge is 0.314 e. The molecule has 0 spiro atoms. The summed E-state index contributed by atoms with van der Waals surface area (Å²) >= 11 is 0. The molecule has 0 saturated heterocycles. The third-order valence-electron chi connectivity index (χ3n) is 3.67. The van der Waals surface area contributed by atoms with Crippen LogP contribution in [0.2, 0.25) is 0 Å². The molecule has 2 rings (SSSR count). The lowest BCUT2D eigenvalue weighted by Crippen LogP contribution is -2.19. The van der Waals surface area contributed by atoms with Gasteiger partial charge in [-0.1, -0.05) is 57.0 Å². The van der Waals surface area contributed by atoms with Gasteiger partial charge in [0.15, 0.2) is 0 Å². The number of esters is 1. The minimum atomic E-state index is -0.101. The fourth-order valence-corrected chi connectivity index (χ4v) is 2.37. The quantitative estimate of drug-likeness (QED) is 0.547. The monoisotopic (exact) mass is 270 g/mol. The van der Waals surface area contributed by atoms with Crippen LogP contribution < -0.4 is 4.74 Å². The largest absolute Gasteiger partial charge is 0.426 e. The maximum Gasteiger partial charge on any atom is 0.314 e. The molecule has 0 unspecified atom stereocenters. The summed E-state index contributed by atoms with van der Waals surface area (Å²) in [5.41, 5.74) is 0. The van der Waals surface area contributed by atoms with Gasteiger partial charge in [-0.05, 0) is 35.7 Å². The highest BCUT2D eigenvalue weighted by atomic mass is 16.5. The molecule has 106 valence electrons. The highest BCUT2D eigenvalue weighted by Crippen LogP contribution is 2.22. The first-order valence-electron chi connectivity index (χ1n) is 7.45. The van der Waals surface area contributed by atoms with E-state index in [4.69, 9.17) is 4.74 Å². The van der Waals surface area contributed by atoms with Crippen LogP contribution in [0, 0.1) is 5.92 Å². The highest BCUT2D eigenvalue weighted by molar-refractivity contribution is 5.85. The van der Waals surface area contributed by atoms with Gasteiger partial charge in [-0.2, -0.15) is 0 Å². The van der Waals surface area contributed by atoms with Gasteiger partial charge < -0.3 is 4.74 Å². The van der Waals surface area contributed by atoms with Crippen molar-refractivity contribution in [2.45, 2.75) is 39.5 Å². The molecule has 0 heterocycles. The van der Waals surface area contributed by atoms with E-state index in [0.717, 1.165) is 36.5 Å². The molecule has 0 aliphatic rings. The molecular formula is C18H22O2. The summed E-state index contributed by atoms with van der Waals surface area (Å²) in [5, 5.41) is 2.25. The number of hydrogen-bond donors (Lipinski definition) is 0. The first-order valence-corrected chi connectivity index (χ1v) is 7.45. The minimum absolute atomic E-state index is 0.0152. The van der Waals surface area contributed by atoms with E-state index in [1.807, 2.05) is 43.3 Å². The number of ether oxygens (including phenoxy) is 1. The zero-order valence-corrected chi connectivity index (χ0v) is 12.3. The van der Waals surface area contributed by atoms with Gasteiger partial charge in [0.2, 0.25) is 0 Å². The first kappa shape index (κ1) is 14.6. The van der Waals surface area contributed by atoms with Gasteiger partial charge >= 0.3 is 5.97 Å². The number of unbranched alkanes of at least 4 members (excludes halogenated alkanes) is 1. The lowest BCUT2D eigenvalue weighted by atomic mass is 10.00. The molecule has 0 amide bonds. The van der Waals surface area contributed by atoms with E-state index in [9.17, 15) is 4.79 Å². The van der Waals surface area contributed by atoms with Crippen LogP contribution in [-0.4, -0.2) is 5.97 Å². The second-order valence-electron chi connectivity index (χ2n) is 5.18. The van der Waals surface area contributed by atoms with Crippen molar-refractivity contribution in [2.75, 3.05) is 0 Å². The molecule has 0 radical (unpaired) electrons. The molecule has 20 heavy (non-hydrogen) atoms. The van der Waals surface area contributed by atoms with Crippen LogP contribution in [0.5, 0.6) is 5.75 Å². The van der Waals surface area contributed by atoms with E-state index in [0.29, 0.717) is 5.75 Å². The third-order valence-corrected chi connectivity index (χ3v) is 3.67. The van der Waals surface area contributed by atoms with Crippen LogP contribution in [0.25, 0.3) is 10.8 Å². The van der Waals surface area contributed by atoms with E-state index < -0.39 is 0 Å². The number of hydrogen-bond acceptors (Lipinski definition) is 2. The van der Waals surface area contributed by atoms with Crippen LogP contribution in [0.1, 0.15) is 39.5 Å². The van der Waals surface area contributed by atoms with Crippen LogP contribution in [0.15, 0.2) is 42.5 Å². The standard InChI is InChI=1S/C18H22O2/c1-3-5-8-14(4-2)18(19)20-17-12-11-15-9-6-7-10-16(15)13-17/h6-7,9-14H,3-5,8H2,1-2H3/t14-/m1/s1. The van der Waals surface area contributed by atoms with Gasteiger partial charge in [-0.25, -0.2) is 0 Å². The van der Waals surface area contributed by atoms with E-state index in [1.165, 1.54) is 0 Å². The van der Waals surface area contributed by atoms with Crippen molar-refractivity contribution in [3.8, 4) is 5.75 Å². The maximum absolute atomic E-state index is 12.2. The Hall–Kier alpha value is -1.83.